The van der Waals surface area contributed by atoms with Gasteiger partial charge in [0.1, 0.15) is 5.82 Å². The van der Waals surface area contributed by atoms with Gasteiger partial charge in [0.25, 0.3) is 0 Å². The van der Waals surface area contributed by atoms with E-state index in [0.29, 0.717) is 12.5 Å². The number of nitrogens with two attached hydrogens (primary N) is 1. The molecule has 1 atom stereocenters. The van der Waals surface area contributed by atoms with Gasteiger partial charge in [-0.2, -0.15) is 0 Å². The molecule has 0 saturated carbocycles. The van der Waals surface area contributed by atoms with Crippen molar-refractivity contribution in [1.82, 2.24) is 0 Å². The van der Waals surface area contributed by atoms with Crippen LogP contribution in [0.4, 0.5) is 4.39 Å². The molecule has 1 aromatic carbocycles. The van der Waals surface area contributed by atoms with Crippen LogP contribution in [0.15, 0.2) is 24.3 Å². The van der Waals surface area contributed by atoms with Crippen molar-refractivity contribution in [2.45, 2.75) is 13.3 Å². The lowest BCUT2D eigenvalue weighted by Crippen LogP contribution is -2.13. The van der Waals surface area contributed by atoms with Crippen LogP contribution in [0, 0.1) is 11.7 Å². The highest BCUT2D eigenvalue weighted by atomic mass is 19.1. The SMILES string of the molecule is CC(CN)Cc1cccc(F)c1. The first-order valence-corrected chi connectivity index (χ1v) is 4.17. The molecule has 0 saturated heterocycles. The van der Waals surface area contributed by atoms with Gasteiger partial charge >= 0.3 is 0 Å². The van der Waals surface area contributed by atoms with E-state index in [0.717, 1.165) is 12.0 Å². The van der Waals surface area contributed by atoms with Crippen LogP contribution in [0.25, 0.3) is 0 Å². The Morgan fingerprint density at radius 1 is 1.50 bits per heavy atom. The highest BCUT2D eigenvalue weighted by Gasteiger charge is 2.01. The van der Waals surface area contributed by atoms with E-state index in [1.807, 2.05) is 6.07 Å². The lowest BCUT2D eigenvalue weighted by atomic mass is 10.0. The Bertz CT molecular complexity index is 247. The molecule has 0 fully saturated rings. The molecule has 1 nitrogen and oxygen atoms in total. The van der Waals surface area contributed by atoms with Gasteiger partial charge in [0.15, 0.2) is 0 Å². The monoisotopic (exact) mass is 167 g/mol. The average Bonchev–Trinajstić information content (AvgIpc) is 2.04. The summed E-state index contributed by atoms with van der Waals surface area (Å²) in [6.45, 7) is 2.71. The Labute approximate surface area is 72.4 Å². The lowest BCUT2D eigenvalue weighted by Gasteiger charge is -2.07. The fourth-order valence-corrected chi connectivity index (χ4v) is 1.15. The van der Waals surface area contributed by atoms with E-state index in [1.54, 1.807) is 12.1 Å². The van der Waals surface area contributed by atoms with Crippen molar-refractivity contribution in [3.8, 4) is 0 Å². The molecule has 66 valence electrons. The van der Waals surface area contributed by atoms with Crippen molar-refractivity contribution in [2.24, 2.45) is 11.7 Å². The summed E-state index contributed by atoms with van der Waals surface area (Å²) in [6, 6.07) is 6.67. The smallest absolute Gasteiger partial charge is 0.123 e. The molecule has 1 unspecified atom stereocenters. The number of rotatable bonds is 3. The first-order chi connectivity index (χ1) is 5.72. The molecule has 0 amide bonds. The van der Waals surface area contributed by atoms with Crippen LogP contribution in [0.1, 0.15) is 12.5 Å². The maximum Gasteiger partial charge on any atom is 0.123 e. The molecule has 0 radical (unpaired) electrons. The summed E-state index contributed by atoms with van der Waals surface area (Å²) in [4.78, 5) is 0. The maximum absolute atomic E-state index is 12.7. The quantitative estimate of drug-likeness (QED) is 0.731. The van der Waals surface area contributed by atoms with Gasteiger partial charge in [0.2, 0.25) is 0 Å². The van der Waals surface area contributed by atoms with E-state index < -0.39 is 0 Å². The van der Waals surface area contributed by atoms with Gasteiger partial charge in [-0.3, -0.25) is 0 Å². The van der Waals surface area contributed by atoms with Crippen LogP contribution in [-0.4, -0.2) is 6.54 Å². The third-order valence-electron chi connectivity index (χ3n) is 1.88. The maximum atomic E-state index is 12.7. The van der Waals surface area contributed by atoms with Crippen molar-refractivity contribution in [1.29, 1.82) is 0 Å². The molecule has 0 aliphatic heterocycles. The summed E-state index contributed by atoms with van der Waals surface area (Å²) in [5, 5.41) is 0. The molecule has 0 aliphatic carbocycles. The predicted octanol–water partition coefficient (Wildman–Crippen LogP) is 1.96. The summed E-state index contributed by atoms with van der Waals surface area (Å²) in [5.41, 5.74) is 6.49. The van der Waals surface area contributed by atoms with Gasteiger partial charge < -0.3 is 5.73 Å². The highest BCUT2D eigenvalue weighted by Crippen LogP contribution is 2.08. The number of hydrogen-bond donors (Lipinski definition) is 1. The molecule has 0 aromatic heterocycles. The third-order valence-corrected chi connectivity index (χ3v) is 1.88. The van der Waals surface area contributed by atoms with Crippen molar-refractivity contribution in [3.05, 3.63) is 35.6 Å². The molecule has 0 bridgehead atoms. The van der Waals surface area contributed by atoms with Crippen molar-refractivity contribution < 1.29 is 4.39 Å². The summed E-state index contributed by atoms with van der Waals surface area (Å²) < 4.78 is 12.7. The molecule has 1 rings (SSSR count). The second kappa shape index (κ2) is 4.21. The summed E-state index contributed by atoms with van der Waals surface area (Å²) >= 11 is 0. The van der Waals surface area contributed by atoms with Crippen molar-refractivity contribution >= 4 is 0 Å². The zero-order valence-corrected chi connectivity index (χ0v) is 7.26. The molecule has 2 heteroatoms. The number of benzene rings is 1. The number of hydrogen-bond acceptors (Lipinski definition) is 1. The standard InChI is InChI=1S/C10H14FN/c1-8(7-12)5-9-3-2-4-10(11)6-9/h2-4,6,8H,5,7,12H2,1H3. The van der Waals surface area contributed by atoms with Gasteiger partial charge in [-0.25, -0.2) is 4.39 Å². The van der Waals surface area contributed by atoms with Crippen molar-refractivity contribution in [2.75, 3.05) is 6.54 Å². The van der Waals surface area contributed by atoms with Crippen LogP contribution < -0.4 is 5.73 Å². The molecule has 0 spiro atoms. The lowest BCUT2D eigenvalue weighted by molar-refractivity contribution is 0.584. The Morgan fingerprint density at radius 2 is 2.25 bits per heavy atom. The van der Waals surface area contributed by atoms with Crippen LogP contribution in [0.3, 0.4) is 0 Å². The minimum atomic E-state index is -0.170. The zero-order chi connectivity index (χ0) is 8.97. The van der Waals surface area contributed by atoms with Crippen LogP contribution in [0.2, 0.25) is 0 Å². The number of halogens is 1. The summed E-state index contributed by atoms with van der Waals surface area (Å²) in [6.07, 6.45) is 0.855. The Balaban J connectivity index is 2.63. The van der Waals surface area contributed by atoms with E-state index in [2.05, 4.69) is 6.92 Å². The normalized spacial score (nSPS) is 12.9. The molecular weight excluding hydrogens is 153 g/mol. The van der Waals surface area contributed by atoms with Gasteiger partial charge in [0.05, 0.1) is 0 Å². The Hall–Kier alpha value is -0.890. The van der Waals surface area contributed by atoms with Crippen LogP contribution >= 0.6 is 0 Å². The molecular formula is C10H14FN. The van der Waals surface area contributed by atoms with Crippen molar-refractivity contribution in [3.63, 3.8) is 0 Å². The molecule has 1 aromatic rings. The first-order valence-electron chi connectivity index (χ1n) is 4.17. The van der Waals surface area contributed by atoms with Gasteiger partial charge in [-0.15, -0.1) is 0 Å². The molecule has 2 N–H and O–H groups in total. The Kier molecular flexibility index (Phi) is 3.23. The fourth-order valence-electron chi connectivity index (χ4n) is 1.15. The first kappa shape index (κ1) is 9.20. The molecule has 0 heterocycles. The highest BCUT2D eigenvalue weighted by molar-refractivity contribution is 5.16. The average molecular weight is 167 g/mol. The summed E-state index contributed by atoms with van der Waals surface area (Å²) in [5.74, 6) is 0.253. The van der Waals surface area contributed by atoms with Gasteiger partial charge in [0, 0.05) is 0 Å². The summed E-state index contributed by atoms with van der Waals surface area (Å²) in [7, 11) is 0. The molecule has 12 heavy (non-hydrogen) atoms. The Morgan fingerprint density at radius 3 is 2.83 bits per heavy atom. The van der Waals surface area contributed by atoms with Gasteiger partial charge in [-0.1, -0.05) is 19.1 Å². The van der Waals surface area contributed by atoms with Crippen LogP contribution in [0.5, 0.6) is 0 Å². The van der Waals surface area contributed by atoms with E-state index in [4.69, 9.17) is 5.73 Å². The minimum Gasteiger partial charge on any atom is -0.330 e. The fraction of sp³-hybridized carbons (Fsp3) is 0.400. The van der Waals surface area contributed by atoms with Gasteiger partial charge in [-0.05, 0) is 36.6 Å². The van der Waals surface area contributed by atoms with E-state index >= 15 is 0 Å². The zero-order valence-electron chi connectivity index (χ0n) is 7.26. The van der Waals surface area contributed by atoms with Crippen LogP contribution in [-0.2, 0) is 6.42 Å². The topological polar surface area (TPSA) is 26.0 Å². The van der Waals surface area contributed by atoms with E-state index in [-0.39, 0.29) is 5.82 Å². The third kappa shape index (κ3) is 2.62. The van der Waals surface area contributed by atoms with E-state index in [1.165, 1.54) is 6.07 Å². The second-order valence-electron chi connectivity index (χ2n) is 3.17. The second-order valence-corrected chi connectivity index (χ2v) is 3.17. The molecule has 0 aliphatic rings. The van der Waals surface area contributed by atoms with E-state index in [9.17, 15) is 4.39 Å². The largest absolute Gasteiger partial charge is 0.330 e. The predicted molar refractivity (Wildman–Crippen MR) is 48.3 cm³/mol. The minimum absolute atomic E-state index is 0.170.